The van der Waals surface area contributed by atoms with E-state index in [1.54, 1.807) is 24.3 Å². The molecule has 0 bridgehead atoms. The van der Waals surface area contributed by atoms with Crippen LogP contribution in [-0.4, -0.2) is 6.03 Å². The van der Waals surface area contributed by atoms with Crippen molar-refractivity contribution in [3.8, 4) is 6.07 Å². The fourth-order valence-electron chi connectivity index (χ4n) is 2.01. The fraction of sp³-hybridized carbons (Fsp3) is 0.200. The van der Waals surface area contributed by atoms with Crippen LogP contribution in [0, 0.1) is 18.3 Å². The van der Waals surface area contributed by atoms with Gasteiger partial charge in [-0.15, -0.1) is 11.3 Å². The van der Waals surface area contributed by atoms with E-state index in [0.29, 0.717) is 21.3 Å². The molecule has 2 rings (SSSR count). The van der Waals surface area contributed by atoms with Crippen molar-refractivity contribution in [3.05, 3.63) is 45.3 Å². The summed E-state index contributed by atoms with van der Waals surface area (Å²) < 4.78 is 0. The van der Waals surface area contributed by atoms with Gasteiger partial charge >= 0.3 is 6.03 Å². The Bertz CT molecular complexity index is 701. The molecule has 0 fully saturated rings. The Kier molecular flexibility index (Phi) is 4.84. The van der Waals surface area contributed by atoms with Crippen LogP contribution in [0.25, 0.3) is 0 Å². The number of rotatable bonds is 3. The van der Waals surface area contributed by atoms with Crippen LogP contribution in [0.1, 0.15) is 22.9 Å². The van der Waals surface area contributed by atoms with Crippen LogP contribution in [0.3, 0.4) is 0 Å². The van der Waals surface area contributed by atoms with Crippen LogP contribution >= 0.6 is 22.9 Å². The van der Waals surface area contributed by atoms with Gasteiger partial charge in [-0.2, -0.15) is 5.26 Å². The number of amides is 2. The molecule has 0 saturated heterocycles. The SMILES string of the molecule is CCc1c(C)sc(NC(=O)Nc2ccc(Cl)cc2)c1C#N. The molecule has 0 aliphatic heterocycles. The number of nitrogens with zero attached hydrogens (tertiary/aromatic N) is 1. The maximum absolute atomic E-state index is 12.0. The Balaban J connectivity index is 2.13. The Morgan fingerprint density at radius 2 is 2.00 bits per heavy atom. The Morgan fingerprint density at radius 1 is 1.33 bits per heavy atom. The summed E-state index contributed by atoms with van der Waals surface area (Å²) in [5.41, 5.74) is 2.18. The van der Waals surface area contributed by atoms with Gasteiger partial charge in [0.1, 0.15) is 11.1 Å². The molecule has 0 aliphatic carbocycles. The van der Waals surface area contributed by atoms with Crippen LogP contribution in [0.4, 0.5) is 15.5 Å². The van der Waals surface area contributed by atoms with E-state index in [1.165, 1.54) is 11.3 Å². The largest absolute Gasteiger partial charge is 0.324 e. The second-order valence-corrected chi connectivity index (χ2v) is 6.05. The summed E-state index contributed by atoms with van der Waals surface area (Å²) in [5, 5.41) is 15.9. The lowest BCUT2D eigenvalue weighted by molar-refractivity contribution is 0.262. The second-order valence-electron chi connectivity index (χ2n) is 4.39. The zero-order valence-electron chi connectivity index (χ0n) is 11.7. The van der Waals surface area contributed by atoms with Gasteiger partial charge < -0.3 is 5.32 Å². The maximum Gasteiger partial charge on any atom is 0.324 e. The minimum Gasteiger partial charge on any atom is -0.308 e. The number of halogens is 1. The summed E-state index contributed by atoms with van der Waals surface area (Å²) in [6, 6.07) is 8.60. The minimum absolute atomic E-state index is 0.377. The van der Waals surface area contributed by atoms with Crippen LogP contribution in [0.5, 0.6) is 0 Å². The molecule has 2 aromatic rings. The van der Waals surface area contributed by atoms with Crippen molar-refractivity contribution in [3.63, 3.8) is 0 Å². The highest BCUT2D eigenvalue weighted by Crippen LogP contribution is 2.32. The fourth-order valence-corrected chi connectivity index (χ4v) is 3.23. The Labute approximate surface area is 132 Å². The third-order valence-electron chi connectivity index (χ3n) is 3.00. The molecule has 0 radical (unpaired) electrons. The number of benzene rings is 1. The van der Waals surface area contributed by atoms with E-state index in [9.17, 15) is 10.1 Å². The number of nitrogens with one attached hydrogen (secondary N) is 2. The summed E-state index contributed by atoms with van der Waals surface area (Å²) in [4.78, 5) is 13.0. The number of nitriles is 1. The Morgan fingerprint density at radius 3 is 2.57 bits per heavy atom. The molecule has 0 saturated carbocycles. The monoisotopic (exact) mass is 319 g/mol. The highest BCUT2D eigenvalue weighted by Gasteiger charge is 2.16. The van der Waals surface area contributed by atoms with Gasteiger partial charge in [0.25, 0.3) is 0 Å². The van der Waals surface area contributed by atoms with Gasteiger partial charge in [0.05, 0.1) is 5.56 Å². The first-order valence-electron chi connectivity index (χ1n) is 6.41. The van der Waals surface area contributed by atoms with Crippen LogP contribution < -0.4 is 10.6 Å². The molecule has 4 nitrogen and oxygen atoms in total. The van der Waals surface area contributed by atoms with Crippen molar-refractivity contribution in [1.82, 2.24) is 0 Å². The number of hydrogen-bond donors (Lipinski definition) is 2. The third kappa shape index (κ3) is 3.54. The lowest BCUT2D eigenvalue weighted by Gasteiger charge is -2.06. The molecule has 2 amide bonds. The molecule has 0 aliphatic rings. The number of hydrogen-bond acceptors (Lipinski definition) is 3. The zero-order chi connectivity index (χ0) is 15.4. The van der Waals surface area contributed by atoms with Gasteiger partial charge in [0.2, 0.25) is 0 Å². The summed E-state index contributed by atoms with van der Waals surface area (Å²) in [5.74, 6) is 0. The Hall–Kier alpha value is -2.03. The van der Waals surface area contributed by atoms with E-state index >= 15 is 0 Å². The smallest absolute Gasteiger partial charge is 0.308 e. The number of anilines is 2. The van der Waals surface area contributed by atoms with Crippen molar-refractivity contribution < 1.29 is 4.79 Å². The first-order chi connectivity index (χ1) is 10.0. The zero-order valence-corrected chi connectivity index (χ0v) is 13.2. The molecule has 0 atom stereocenters. The topological polar surface area (TPSA) is 64.9 Å². The van der Waals surface area contributed by atoms with E-state index in [4.69, 9.17) is 11.6 Å². The molecular formula is C15H14ClN3OS. The van der Waals surface area contributed by atoms with Crippen LogP contribution in [0.2, 0.25) is 5.02 Å². The highest BCUT2D eigenvalue weighted by atomic mass is 35.5. The van der Waals surface area contributed by atoms with Crippen molar-refractivity contribution in [1.29, 1.82) is 5.26 Å². The number of aryl methyl sites for hydroxylation is 1. The van der Waals surface area contributed by atoms with Gasteiger partial charge in [0, 0.05) is 15.6 Å². The molecular weight excluding hydrogens is 306 g/mol. The van der Waals surface area contributed by atoms with Crippen LogP contribution in [0.15, 0.2) is 24.3 Å². The molecule has 21 heavy (non-hydrogen) atoms. The average molecular weight is 320 g/mol. The lowest BCUT2D eigenvalue weighted by atomic mass is 10.1. The molecule has 1 heterocycles. The summed E-state index contributed by atoms with van der Waals surface area (Å²) >= 11 is 7.21. The molecule has 0 unspecified atom stereocenters. The van der Waals surface area contributed by atoms with Gasteiger partial charge in [0.15, 0.2) is 0 Å². The number of thiophene rings is 1. The van der Waals surface area contributed by atoms with Crippen LogP contribution in [-0.2, 0) is 6.42 Å². The van der Waals surface area contributed by atoms with Gasteiger partial charge in [-0.05, 0) is 43.2 Å². The predicted octanol–water partition coefficient (Wildman–Crippen LogP) is 4.79. The van der Waals surface area contributed by atoms with Crippen molar-refractivity contribution in [2.75, 3.05) is 10.6 Å². The summed E-state index contributed by atoms with van der Waals surface area (Å²) in [7, 11) is 0. The first-order valence-corrected chi connectivity index (χ1v) is 7.60. The molecule has 0 spiro atoms. The predicted molar refractivity (Wildman–Crippen MR) is 87.2 cm³/mol. The van der Waals surface area contributed by atoms with Gasteiger partial charge in [-0.1, -0.05) is 18.5 Å². The second kappa shape index (κ2) is 6.61. The average Bonchev–Trinajstić information content (AvgIpc) is 2.75. The lowest BCUT2D eigenvalue weighted by Crippen LogP contribution is -2.19. The molecule has 1 aromatic carbocycles. The number of carbonyl (C=O) groups excluding carboxylic acids is 1. The van der Waals surface area contributed by atoms with Gasteiger partial charge in [-0.3, -0.25) is 5.32 Å². The highest BCUT2D eigenvalue weighted by molar-refractivity contribution is 7.16. The molecule has 1 aromatic heterocycles. The molecule has 2 N–H and O–H groups in total. The van der Waals surface area contributed by atoms with Crippen molar-refractivity contribution >= 4 is 39.7 Å². The number of urea groups is 1. The summed E-state index contributed by atoms with van der Waals surface area (Å²) in [6.45, 7) is 3.94. The van der Waals surface area contributed by atoms with Gasteiger partial charge in [-0.25, -0.2) is 4.79 Å². The summed E-state index contributed by atoms with van der Waals surface area (Å²) in [6.07, 6.45) is 0.770. The first kappa shape index (κ1) is 15.4. The quantitative estimate of drug-likeness (QED) is 0.854. The van der Waals surface area contributed by atoms with E-state index in [-0.39, 0.29) is 6.03 Å². The molecule has 6 heteroatoms. The van der Waals surface area contributed by atoms with Crippen molar-refractivity contribution in [2.24, 2.45) is 0 Å². The minimum atomic E-state index is -0.377. The number of carbonyl (C=O) groups is 1. The van der Waals surface area contributed by atoms with E-state index in [1.807, 2.05) is 13.8 Å². The third-order valence-corrected chi connectivity index (χ3v) is 4.32. The standard InChI is InChI=1S/C15H14ClN3OS/c1-3-12-9(2)21-14(13(12)8-17)19-15(20)18-11-6-4-10(16)5-7-11/h4-7H,3H2,1-2H3,(H2,18,19,20). The maximum atomic E-state index is 12.0. The molecule has 108 valence electrons. The van der Waals surface area contributed by atoms with E-state index < -0.39 is 0 Å². The normalized spacial score (nSPS) is 10.0. The van der Waals surface area contributed by atoms with E-state index in [2.05, 4.69) is 16.7 Å². The van der Waals surface area contributed by atoms with E-state index in [0.717, 1.165) is 16.9 Å². The van der Waals surface area contributed by atoms with Crippen molar-refractivity contribution in [2.45, 2.75) is 20.3 Å².